The Hall–Kier alpha value is -3.28. The Morgan fingerprint density at radius 2 is 1.79 bits per heavy atom. The minimum atomic E-state index is -0.475. The van der Waals surface area contributed by atoms with Crippen LogP contribution in [0.25, 0.3) is 0 Å². The van der Waals surface area contributed by atoms with Crippen LogP contribution < -0.4 is 20.3 Å². The van der Waals surface area contributed by atoms with Crippen molar-refractivity contribution in [2.24, 2.45) is 5.92 Å². The summed E-state index contributed by atoms with van der Waals surface area (Å²) in [5.41, 5.74) is 5.52. The molecule has 6 heteroatoms. The van der Waals surface area contributed by atoms with Crippen molar-refractivity contribution in [1.82, 2.24) is 10.9 Å². The molecule has 2 rings (SSSR count). The minimum absolute atomic E-state index is 0.278. The number of benzene rings is 2. The van der Waals surface area contributed by atoms with Crippen LogP contribution in [-0.2, 0) is 0 Å². The second-order valence-electron chi connectivity index (χ2n) is 6.56. The summed E-state index contributed by atoms with van der Waals surface area (Å²) in [6.45, 7) is 8.69. The van der Waals surface area contributed by atoms with Gasteiger partial charge in [-0.3, -0.25) is 20.4 Å². The molecule has 0 saturated carbocycles. The van der Waals surface area contributed by atoms with E-state index in [2.05, 4.69) is 31.3 Å². The number of carbonyl (C=O) groups excluding carboxylic acids is 2. The fourth-order valence-corrected chi connectivity index (χ4v) is 2.32. The number of hydrazine groups is 1. The van der Waals surface area contributed by atoms with Crippen molar-refractivity contribution in [2.45, 2.75) is 20.3 Å². The molecule has 0 spiro atoms. The van der Waals surface area contributed by atoms with Crippen molar-refractivity contribution in [3.8, 4) is 11.5 Å². The first-order chi connectivity index (χ1) is 13.5. The van der Waals surface area contributed by atoms with Gasteiger partial charge in [0.2, 0.25) is 0 Å². The quantitative estimate of drug-likeness (QED) is 0.511. The monoisotopic (exact) mass is 382 g/mol. The van der Waals surface area contributed by atoms with Crippen molar-refractivity contribution in [3.63, 3.8) is 0 Å². The van der Waals surface area contributed by atoms with Gasteiger partial charge in [0.25, 0.3) is 11.8 Å². The van der Waals surface area contributed by atoms with E-state index in [4.69, 9.17) is 9.47 Å². The van der Waals surface area contributed by atoms with Gasteiger partial charge in [-0.15, -0.1) is 0 Å². The van der Waals surface area contributed by atoms with E-state index in [1.807, 2.05) is 0 Å². The lowest BCUT2D eigenvalue weighted by Gasteiger charge is -2.12. The highest BCUT2D eigenvalue weighted by molar-refractivity contribution is 6.00. The molecule has 0 aliphatic rings. The molecule has 0 bridgehead atoms. The molecule has 2 amide bonds. The molecule has 2 N–H and O–H groups in total. The molecular formula is C22H26N2O4. The topological polar surface area (TPSA) is 76.7 Å². The predicted molar refractivity (Wildman–Crippen MR) is 108 cm³/mol. The predicted octanol–water partition coefficient (Wildman–Crippen LogP) is 3.75. The van der Waals surface area contributed by atoms with Crippen LogP contribution in [0.2, 0.25) is 0 Å². The normalized spacial score (nSPS) is 10.2. The fourth-order valence-electron chi connectivity index (χ4n) is 2.32. The van der Waals surface area contributed by atoms with Crippen LogP contribution in [0.15, 0.2) is 61.2 Å². The molecule has 0 aliphatic heterocycles. The molecule has 0 fully saturated rings. The van der Waals surface area contributed by atoms with Gasteiger partial charge in [0.15, 0.2) is 0 Å². The van der Waals surface area contributed by atoms with Gasteiger partial charge in [0, 0.05) is 5.56 Å². The molecular weight excluding hydrogens is 356 g/mol. The number of carbonyl (C=O) groups is 2. The number of amides is 2. The molecule has 2 aromatic rings. The van der Waals surface area contributed by atoms with Crippen LogP contribution in [0.1, 0.15) is 41.0 Å². The van der Waals surface area contributed by atoms with E-state index in [-0.39, 0.29) is 6.61 Å². The van der Waals surface area contributed by atoms with Crippen molar-refractivity contribution < 1.29 is 19.1 Å². The Labute approximate surface area is 165 Å². The second kappa shape index (κ2) is 10.8. The van der Waals surface area contributed by atoms with E-state index in [1.54, 1.807) is 54.6 Å². The standard InChI is InChI=1S/C22H26N2O4/c1-4-13-28-20-11-6-5-10-19(20)22(26)24-23-21(25)17-8-7-9-18(15-17)27-14-12-16(2)3/h4-11,15-16H,1,12-14H2,2-3H3,(H,23,25)(H,24,26). The third kappa shape index (κ3) is 6.46. The first-order valence-electron chi connectivity index (χ1n) is 9.17. The Morgan fingerprint density at radius 1 is 1.04 bits per heavy atom. The van der Waals surface area contributed by atoms with Gasteiger partial charge in [0.05, 0.1) is 12.2 Å². The highest BCUT2D eigenvalue weighted by Crippen LogP contribution is 2.18. The third-order valence-electron chi connectivity index (χ3n) is 3.84. The van der Waals surface area contributed by atoms with E-state index in [1.165, 1.54) is 0 Å². The van der Waals surface area contributed by atoms with Crippen LogP contribution in [-0.4, -0.2) is 25.0 Å². The summed E-state index contributed by atoms with van der Waals surface area (Å²) in [7, 11) is 0. The molecule has 0 atom stereocenters. The first kappa shape index (κ1) is 21.0. The van der Waals surface area contributed by atoms with Crippen LogP contribution >= 0.6 is 0 Å². The maximum atomic E-state index is 12.4. The summed E-state index contributed by atoms with van der Waals surface area (Å²) in [5, 5.41) is 0. The Balaban J connectivity index is 1.95. The summed E-state index contributed by atoms with van der Waals surface area (Å²) < 4.78 is 11.1. The summed E-state index contributed by atoms with van der Waals surface area (Å²) in [4.78, 5) is 24.7. The molecule has 28 heavy (non-hydrogen) atoms. The lowest BCUT2D eigenvalue weighted by atomic mass is 10.1. The fraction of sp³-hybridized carbons (Fsp3) is 0.273. The van der Waals surface area contributed by atoms with Crippen molar-refractivity contribution in [1.29, 1.82) is 0 Å². The number of nitrogens with one attached hydrogen (secondary N) is 2. The minimum Gasteiger partial charge on any atom is -0.494 e. The third-order valence-corrected chi connectivity index (χ3v) is 3.84. The van der Waals surface area contributed by atoms with Gasteiger partial charge in [0.1, 0.15) is 18.1 Å². The Bertz CT molecular complexity index is 818. The van der Waals surface area contributed by atoms with E-state index in [0.717, 1.165) is 6.42 Å². The second-order valence-corrected chi connectivity index (χ2v) is 6.56. The van der Waals surface area contributed by atoms with Crippen molar-refractivity contribution in [3.05, 3.63) is 72.3 Å². The number of hydrogen-bond acceptors (Lipinski definition) is 4. The molecule has 0 radical (unpaired) electrons. The van der Waals surface area contributed by atoms with Crippen molar-refractivity contribution in [2.75, 3.05) is 13.2 Å². The van der Waals surface area contributed by atoms with Gasteiger partial charge in [-0.2, -0.15) is 0 Å². The zero-order chi connectivity index (χ0) is 20.4. The smallest absolute Gasteiger partial charge is 0.273 e. The lowest BCUT2D eigenvalue weighted by Crippen LogP contribution is -2.41. The van der Waals surface area contributed by atoms with E-state index in [0.29, 0.717) is 35.2 Å². The van der Waals surface area contributed by atoms with Crippen LogP contribution in [0.4, 0.5) is 0 Å². The summed E-state index contributed by atoms with van der Waals surface area (Å²) in [5.74, 6) is 0.655. The number of hydrogen-bond donors (Lipinski definition) is 2. The largest absolute Gasteiger partial charge is 0.494 e. The maximum Gasteiger partial charge on any atom is 0.273 e. The number of ether oxygens (including phenoxy) is 2. The lowest BCUT2D eigenvalue weighted by molar-refractivity contribution is 0.0844. The molecule has 2 aromatic carbocycles. The summed E-state index contributed by atoms with van der Waals surface area (Å²) in [6.07, 6.45) is 2.52. The van der Waals surface area contributed by atoms with Crippen LogP contribution in [0, 0.1) is 5.92 Å². The summed E-state index contributed by atoms with van der Waals surface area (Å²) in [6, 6.07) is 13.6. The average molecular weight is 382 g/mol. The van der Waals surface area contributed by atoms with Gasteiger partial charge in [-0.1, -0.05) is 44.7 Å². The molecule has 6 nitrogen and oxygen atoms in total. The van der Waals surface area contributed by atoms with Crippen molar-refractivity contribution >= 4 is 11.8 Å². The molecule has 0 aliphatic carbocycles. The number of rotatable bonds is 9. The zero-order valence-electron chi connectivity index (χ0n) is 16.2. The van der Waals surface area contributed by atoms with E-state index >= 15 is 0 Å². The van der Waals surface area contributed by atoms with E-state index in [9.17, 15) is 9.59 Å². The molecule has 0 saturated heterocycles. The van der Waals surface area contributed by atoms with Crippen LogP contribution in [0.5, 0.6) is 11.5 Å². The Kier molecular flexibility index (Phi) is 8.09. The maximum absolute atomic E-state index is 12.4. The van der Waals surface area contributed by atoms with Crippen LogP contribution in [0.3, 0.4) is 0 Å². The molecule has 0 unspecified atom stereocenters. The number of para-hydroxylation sites is 1. The molecule has 0 heterocycles. The SMILES string of the molecule is C=CCOc1ccccc1C(=O)NNC(=O)c1cccc(OCCC(C)C)c1. The van der Waals surface area contributed by atoms with Gasteiger partial charge in [-0.25, -0.2) is 0 Å². The van der Waals surface area contributed by atoms with Gasteiger partial charge in [-0.05, 0) is 42.7 Å². The zero-order valence-corrected chi connectivity index (χ0v) is 16.2. The summed E-state index contributed by atoms with van der Waals surface area (Å²) >= 11 is 0. The van der Waals surface area contributed by atoms with E-state index < -0.39 is 11.8 Å². The average Bonchev–Trinajstić information content (AvgIpc) is 2.70. The Morgan fingerprint density at radius 3 is 2.54 bits per heavy atom. The first-order valence-corrected chi connectivity index (χ1v) is 9.17. The van der Waals surface area contributed by atoms with Gasteiger partial charge >= 0.3 is 0 Å². The highest BCUT2D eigenvalue weighted by Gasteiger charge is 2.14. The molecule has 0 aromatic heterocycles. The molecule has 148 valence electrons. The van der Waals surface area contributed by atoms with Gasteiger partial charge < -0.3 is 9.47 Å². The highest BCUT2D eigenvalue weighted by atomic mass is 16.5.